The van der Waals surface area contributed by atoms with Crippen molar-refractivity contribution < 1.29 is 0 Å². The average Bonchev–Trinajstić information content (AvgIpc) is 3.97. The summed E-state index contributed by atoms with van der Waals surface area (Å²) in [6.07, 6.45) is 0. The molecule has 7 heteroatoms. The van der Waals surface area contributed by atoms with E-state index < -0.39 is 0 Å². The Balaban J connectivity index is 1.09. The molecule has 0 saturated heterocycles. The highest BCUT2D eigenvalue weighted by Gasteiger charge is 2.22. The fourth-order valence-corrected chi connectivity index (χ4v) is 10.1. The molecule has 0 aliphatic heterocycles. The Morgan fingerprint density at radius 1 is 0.361 bits per heavy atom. The Labute approximate surface area is 415 Å². The van der Waals surface area contributed by atoms with Crippen LogP contribution in [0.4, 0.5) is 5.69 Å². The highest BCUT2D eigenvalue weighted by atomic mass is 15.1. The fraction of sp³-hybridized carbons (Fsp3) is 0. The van der Waals surface area contributed by atoms with Crippen molar-refractivity contribution in [3.8, 4) is 85.0 Å². The molecule has 3 aromatic heterocycles. The van der Waals surface area contributed by atoms with Gasteiger partial charge in [0, 0.05) is 43.9 Å². The van der Waals surface area contributed by atoms with Crippen molar-refractivity contribution in [1.82, 2.24) is 24.1 Å². The highest BCUT2D eigenvalue weighted by molar-refractivity contribution is 6.13. The van der Waals surface area contributed by atoms with Gasteiger partial charge in [0.25, 0.3) is 0 Å². The summed E-state index contributed by atoms with van der Waals surface area (Å²) in [7, 11) is 0. The van der Waals surface area contributed by atoms with Crippen LogP contribution in [0.5, 0.6) is 0 Å². The first-order valence-electron chi connectivity index (χ1n) is 23.8. The lowest BCUT2D eigenvalue weighted by Gasteiger charge is -2.17. The van der Waals surface area contributed by atoms with Crippen LogP contribution >= 0.6 is 0 Å². The van der Waals surface area contributed by atoms with Crippen LogP contribution in [0.25, 0.3) is 127 Å². The second-order valence-corrected chi connectivity index (χ2v) is 17.8. The van der Waals surface area contributed by atoms with E-state index in [1.807, 2.05) is 109 Å². The van der Waals surface area contributed by atoms with Crippen molar-refractivity contribution in [3.63, 3.8) is 0 Å². The van der Waals surface area contributed by atoms with Gasteiger partial charge in [0.15, 0.2) is 23.2 Å². The number of hydrogen-bond acceptors (Lipinski definition) is 4. The molecule has 0 aliphatic rings. The predicted molar refractivity (Wildman–Crippen MR) is 292 cm³/mol. The first kappa shape index (κ1) is 41.9. The van der Waals surface area contributed by atoms with E-state index in [2.05, 4.69) is 147 Å². The zero-order valence-corrected chi connectivity index (χ0v) is 38.6. The average molecular weight is 918 g/mol. The van der Waals surface area contributed by atoms with E-state index >= 15 is 0 Å². The van der Waals surface area contributed by atoms with Crippen LogP contribution in [-0.2, 0) is 0 Å². The van der Waals surface area contributed by atoms with Gasteiger partial charge >= 0.3 is 0 Å². The quantitative estimate of drug-likeness (QED) is 0.142. The van der Waals surface area contributed by atoms with Crippen molar-refractivity contribution in [3.05, 3.63) is 254 Å². The van der Waals surface area contributed by atoms with Crippen LogP contribution in [0.3, 0.4) is 0 Å². The fourth-order valence-electron chi connectivity index (χ4n) is 10.1. The number of rotatable bonds is 8. The summed E-state index contributed by atoms with van der Waals surface area (Å²) in [6.45, 7) is 7.55. The minimum Gasteiger partial charge on any atom is -0.309 e. The van der Waals surface area contributed by atoms with Gasteiger partial charge in [-0.25, -0.2) is 19.8 Å². The van der Waals surface area contributed by atoms with Crippen LogP contribution < -0.4 is 0 Å². The third-order valence-electron chi connectivity index (χ3n) is 13.6. The zero-order chi connectivity index (χ0) is 48.1. The molecule has 0 spiro atoms. The topological polar surface area (TPSA) is 76.7 Å². The first-order valence-corrected chi connectivity index (χ1v) is 23.8. The van der Waals surface area contributed by atoms with Crippen molar-refractivity contribution in [2.45, 2.75) is 0 Å². The molecule has 13 aromatic rings. The lowest BCUT2D eigenvalue weighted by atomic mass is 9.99. The molecule has 0 aliphatic carbocycles. The van der Waals surface area contributed by atoms with E-state index in [0.717, 1.165) is 94.3 Å². The van der Waals surface area contributed by atoms with E-state index in [1.54, 1.807) is 0 Å². The highest BCUT2D eigenvalue weighted by Crippen LogP contribution is 2.42. The maximum absolute atomic E-state index is 9.59. The monoisotopic (exact) mass is 917 g/mol. The zero-order valence-electron chi connectivity index (χ0n) is 38.6. The third-order valence-corrected chi connectivity index (χ3v) is 13.6. The SMILES string of the molecule is [C-]#[N+]c1ccc(-c2ccc3c(c2)c2cc(-c4ccc(C#N)cc4)ccc2n3-c2ccc(-c3ccc4c5ccccc5n(-c5ccccc5)c4c3)cc2-c2nc(-c3ccccc3)nc(-c3ccccc3)n2)cc1. The molecular weight excluding hydrogens is 879 g/mol. The van der Waals surface area contributed by atoms with E-state index in [0.29, 0.717) is 28.7 Å². The molecule has 0 N–H and O–H groups in total. The summed E-state index contributed by atoms with van der Waals surface area (Å²) in [5, 5.41) is 14.1. The predicted octanol–water partition coefficient (Wildman–Crippen LogP) is 16.5. The summed E-state index contributed by atoms with van der Waals surface area (Å²) in [6, 6.07) is 83.7. The van der Waals surface area contributed by atoms with Crippen molar-refractivity contribution in [1.29, 1.82) is 5.26 Å². The van der Waals surface area contributed by atoms with Gasteiger partial charge in [0.1, 0.15) is 0 Å². The molecule has 0 fully saturated rings. The normalized spacial score (nSPS) is 11.3. The van der Waals surface area contributed by atoms with Gasteiger partial charge in [0.05, 0.1) is 46.0 Å². The summed E-state index contributed by atoms with van der Waals surface area (Å²) in [5.41, 5.74) is 16.3. The lowest BCUT2D eigenvalue weighted by Crippen LogP contribution is -2.04. The maximum Gasteiger partial charge on any atom is 0.187 e. The van der Waals surface area contributed by atoms with Gasteiger partial charge in [-0.2, -0.15) is 5.26 Å². The number of benzene rings is 10. The molecule has 334 valence electrons. The van der Waals surface area contributed by atoms with E-state index in [9.17, 15) is 5.26 Å². The Kier molecular flexibility index (Phi) is 10.1. The Hall–Kier alpha value is -10.2. The number of para-hydroxylation sites is 2. The van der Waals surface area contributed by atoms with E-state index in [1.165, 1.54) is 10.8 Å². The summed E-state index contributed by atoms with van der Waals surface area (Å²) in [5.74, 6) is 1.69. The summed E-state index contributed by atoms with van der Waals surface area (Å²) in [4.78, 5) is 19.4. The third kappa shape index (κ3) is 7.25. The molecular formula is C65H39N7. The molecule has 10 aromatic carbocycles. The number of fused-ring (bicyclic) bond motifs is 6. The largest absolute Gasteiger partial charge is 0.309 e. The smallest absolute Gasteiger partial charge is 0.187 e. The maximum atomic E-state index is 9.59. The summed E-state index contributed by atoms with van der Waals surface area (Å²) < 4.78 is 4.69. The molecule has 0 amide bonds. The van der Waals surface area contributed by atoms with Crippen LogP contribution in [0.1, 0.15) is 5.56 Å². The second-order valence-electron chi connectivity index (χ2n) is 17.8. The minimum atomic E-state index is 0.541. The first-order chi connectivity index (χ1) is 35.6. The van der Waals surface area contributed by atoms with Crippen molar-refractivity contribution in [2.24, 2.45) is 0 Å². The standard InChI is InChI=1S/C65H39N7/c1-67-51-31-25-44(26-32-51)48-29-35-60-56(38-48)55-37-47(43-23-21-42(41-66)22-24-43)28-34-59(55)72(60)61-36-30-49(50-27-33-54-53-19-11-12-20-58(53)71(62(54)40-50)52-17-9-4-10-18-52)39-57(61)65-69-63(45-13-5-2-6-14-45)68-64(70-65)46-15-7-3-8-16-46/h2-40H. The Morgan fingerprint density at radius 3 is 1.44 bits per heavy atom. The van der Waals surface area contributed by atoms with Gasteiger partial charge in [-0.05, 0) is 106 Å². The molecule has 72 heavy (non-hydrogen) atoms. The second kappa shape index (κ2) is 17.4. The number of nitrogens with zero attached hydrogens (tertiary/aromatic N) is 7. The molecule has 0 unspecified atom stereocenters. The van der Waals surface area contributed by atoms with Crippen LogP contribution in [0.2, 0.25) is 0 Å². The Morgan fingerprint density at radius 2 is 0.833 bits per heavy atom. The van der Waals surface area contributed by atoms with Crippen molar-refractivity contribution >= 4 is 49.3 Å². The molecule has 3 heterocycles. The van der Waals surface area contributed by atoms with Gasteiger partial charge in [-0.3, -0.25) is 0 Å². The Bertz CT molecular complexity index is 4140. The molecule has 0 bridgehead atoms. The molecule has 0 atom stereocenters. The summed E-state index contributed by atoms with van der Waals surface area (Å²) >= 11 is 0. The van der Waals surface area contributed by atoms with Crippen molar-refractivity contribution in [2.75, 3.05) is 0 Å². The molecule has 13 rings (SSSR count). The lowest BCUT2D eigenvalue weighted by molar-refractivity contribution is 1.06. The number of hydrogen-bond donors (Lipinski definition) is 0. The number of nitriles is 1. The van der Waals surface area contributed by atoms with Gasteiger partial charge in [-0.1, -0.05) is 164 Å². The van der Waals surface area contributed by atoms with E-state index in [4.69, 9.17) is 21.5 Å². The minimum absolute atomic E-state index is 0.541. The number of aromatic nitrogens is 5. The van der Waals surface area contributed by atoms with Crippen LogP contribution in [0, 0.1) is 17.9 Å². The molecule has 0 saturated carbocycles. The molecule has 0 radical (unpaired) electrons. The molecule has 7 nitrogen and oxygen atoms in total. The van der Waals surface area contributed by atoms with Gasteiger partial charge < -0.3 is 9.13 Å². The van der Waals surface area contributed by atoms with Gasteiger partial charge in [-0.15, -0.1) is 0 Å². The van der Waals surface area contributed by atoms with Crippen LogP contribution in [-0.4, -0.2) is 24.1 Å². The van der Waals surface area contributed by atoms with E-state index in [-0.39, 0.29) is 0 Å². The van der Waals surface area contributed by atoms with Crippen LogP contribution in [0.15, 0.2) is 237 Å². The van der Waals surface area contributed by atoms with Gasteiger partial charge in [0.2, 0.25) is 0 Å².